The van der Waals surface area contributed by atoms with E-state index in [9.17, 15) is 4.79 Å². The summed E-state index contributed by atoms with van der Waals surface area (Å²) in [7, 11) is 0. The molecule has 5 rings (SSSR count). The van der Waals surface area contributed by atoms with Gasteiger partial charge >= 0.3 is 0 Å². The SMILES string of the molecule is O=C(/C=C/c1ccc2c(c1)CCC2N(CCc1c[nH]c2ccccc12)Cc1ccc(Cl)cc1)NO. The van der Waals surface area contributed by atoms with Gasteiger partial charge in [-0.1, -0.05) is 60.1 Å². The maximum atomic E-state index is 11.3. The third-order valence-electron chi connectivity index (χ3n) is 6.83. The van der Waals surface area contributed by atoms with Crippen LogP contribution in [0.5, 0.6) is 0 Å². The van der Waals surface area contributed by atoms with Crippen molar-refractivity contribution in [3.8, 4) is 0 Å². The predicted octanol–water partition coefficient (Wildman–Crippen LogP) is 6.07. The molecule has 1 heterocycles. The minimum Gasteiger partial charge on any atom is -0.361 e. The lowest BCUT2D eigenvalue weighted by Crippen LogP contribution is -2.29. The number of para-hydroxylation sites is 1. The highest BCUT2D eigenvalue weighted by Crippen LogP contribution is 2.37. The van der Waals surface area contributed by atoms with Crippen LogP contribution in [0.25, 0.3) is 17.0 Å². The van der Waals surface area contributed by atoms with Gasteiger partial charge in [-0.15, -0.1) is 0 Å². The number of H-pyrrole nitrogens is 1. The molecule has 3 N–H and O–H groups in total. The standard InChI is InChI=1S/C29H28ClN3O2/c30-24-10-5-21(6-11-24)19-33(16-15-23-18-31-27-4-2-1-3-25(23)27)28-13-9-22-17-20(7-12-26(22)28)8-14-29(34)32-35/h1-8,10-12,14,17-18,28,31,35H,9,13,15-16,19H2,(H,32,34)/b14-8+. The quantitative estimate of drug-likeness (QED) is 0.161. The Kier molecular flexibility index (Phi) is 7.00. The van der Waals surface area contributed by atoms with E-state index < -0.39 is 5.91 Å². The van der Waals surface area contributed by atoms with Gasteiger partial charge in [-0.05, 0) is 71.4 Å². The van der Waals surface area contributed by atoms with Gasteiger partial charge in [0.1, 0.15) is 0 Å². The van der Waals surface area contributed by atoms with E-state index in [1.54, 1.807) is 11.6 Å². The number of aromatic amines is 1. The number of fused-ring (bicyclic) bond motifs is 2. The maximum Gasteiger partial charge on any atom is 0.267 e. The van der Waals surface area contributed by atoms with Crippen LogP contribution < -0.4 is 5.48 Å². The first-order chi connectivity index (χ1) is 17.1. The van der Waals surface area contributed by atoms with Gasteiger partial charge in [0.2, 0.25) is 0 Å². The summed E-state index contributed by atoms with van der Waals surface area (Å²) < 4.78 is 0. The number of carbonyl (C=O) groups is 1. The largest absolute Gasteiger partial charge is 0.361 e. The third-order valence-corrected chi connectivity index (χ3v) is 7.09. The number of nitrogens with zero attached hydrogens (tertiary/aromatic N) is 1. The molecule has 1 atom stereocenters. The molecule has 1 unspecified atom stereocenters. The fourth-order valence-electron chi connectivity index (χ4n) is 5.08. The Labute approximate surface area is 210 Å². The molecule has 1 amide bonds. The summed E-state index contributed by atoms with van der Waals surface area (Å²) in [4.78, 5) is 17.3. The summed E-state index contributed by atoms with van der Waals surface area (Å²) >= 11 is 6.13. The Morgan fingerprint density at radius 1 is 1.14 bits per heavy atom. The van der Waals surface area contributed by atoms with Gasteiger partial charge in [-0.25, -0.2) is 5.48 Å². The van der Waals surface area contributed by atoms with Crippen molar-refractivity contribution in [3.63, 3.8) is 0 Å². The van der Waals surface area contributed by atoms with Crippen molar-refractivity contribution in [1.29, 1.82) is 0 Å². The number of hydroxylamine groups is 1. The molecular formula is C29H28ClN3O2. The fourth-order valence-corrected chi connectivity index (χ4v) is 5.21. The molecule has 0 bridgehead atoms. The van der Waals surface area contributed by atoms with Crippen molar-refractivity contribution in [3.05, 3.63) is 112 Å². The molecule has 5 nitrogen and oxygen atoms in total. The van der Waals surface area contributed by atoms with Gasteiger partial charge < -0.3 is 4.98 Å². The smallest absolute Gasteiger partial charge is 0.267 e. The summed E-state index contributed by atoms with van der Waals surface area (Å²) in [6.45, 7) is 1.79. The Bertz CT molecular complexity index is 1360. The van der Waals surface area contributed by atoms with Crippen LogP contribution in [0.1, 0.15) is 40.3 Å². The first kappa shape index (κ1) is 23.4. The van der Waals surface area contributed by atoms with E-state index in [4.69, 9.17) is 16.8 Å². The van der Waals surface area contributed by atoms with Gasteiger partial charge in [-0.2, -0.15) is 0 Å². The summed E-state index contributed by atoms with van der Waals surface area (Å²) in [5, 5.41) is 10.7. The monoisotopic (exact) mass is 485 g/mol. The van der Waals surface area contributed by atoms with Crippen molar-refractivity contribution in [2.45, 2.75) is 31.8 Å². The number of hydrogen-bond donors (Lipinski definition) is 3. The number of rotatable bonds is 8. The normalized spacial score (nSPS) is 15.2. The predicted molar refractivity (Wildman–Crippen MR) is 140 cm³/mol. The molecule has 35 heavy (non-hydrogen) atoms. The molecule has 4 aromatic rings. The molecule has 6 heteroatoms. The summed E-state index contributed by atoms with van der Waals surface area (Å²) in [5.41, 5.74) is 9.00. The van der Waals surface area contributed by atoms with Crippen molar-refractivity contribution in [1.82, 2.24) is 15.4 Å². The van der Waals surface area contributed by atoms with Crippen LogP contribution in [0.2, 0.25) is 5.02 Å². The fraction of sp³-hybridized carbons (Fsp3) is 0.207. The van der Waals surface area contributed by atoms with Crippen LogP contribution in [0.15, 0.2) is 79.0 Å². The second-order valence-corrected chi connectivity index (χ2v) is 9.46. The zero-order valence-electron chi connectivity index (χ0n) is 19.4. The molecule has 0 fully saturated rings. The molecule has 3 aromatic carbocycles. The molecule has 1 aliphatic carbocycles. The highest BCUT2D eigenvalue weighted by Gasteiger charge is 2.28. The van der Waals surface area contributed by atoms with E-state index in [1.807, 2.05) is 18.2 Å². The zero-order chi connectivity index (χ0) is 24.2. The number of carbonyl (C=O) groups excluding carboxylic acids is 1. The van der Waals surface area contributed by atoms with E-state index in [0.717, 1.165) is 42.9 Å². The van der Waals surface area contributed by atoms with E-state index >= 15 is 0 Å². The lowest BCUT2D eigenvalue weighted by molar-refractivity contribution is -0.124. The molecule has 0 radical (unpaired) electrons. The van der Waals surface area contributed by atoms with Gasteiger partial charge in [0.15, 0.2) is 0 Å². The van der Waals surface area contributed by atoms with Gasteiger partial charge in [0.05, 0.1) is 0 Å². The van der Waals surface area contributed by atoms with E-state index in [2.05, 4.69) is 64.6 Å². The molecule has 1 aromatic heterocycles. The lowest BCUT2D eigenvalue weighted by Gasteiger charge is -2.30. The molecular weight excluding hydrogens is 458 g/mol. The third kappa shape index (κ3) is 5.33. The van der Waals surface area contributed by atoms with Gasteiger partial charge in [0, 0.05) is 47.3 Å². The number of aromatic nitrogens is 1. The highest BCUT2D eigenvalue weighted by molar-refractivity contribution is 6.30. The van der Waals surface area contributed by atoms with Crippen molar-refractivity contribution in [2.24, 2.45) is 0 Å². The van der Waals surface area contributed by atoms with Crippen molar-refractivity contribution >= 4 is 34.5 Å². The van der Waals surface area contributed by atoms with Crippen molar-refractivity contribution in [2.75, 3.05) is 6.54 Å². The zero-order valence-corrected chi connectivity index (χ0v) is 20.1. The summed E-state index contributed by atoms with van der Waals surface area (Å²) in [6, 6.07) is 23.3. The molecule has 0 saturated carbocycles. The van der Waals surface area contributed by atoms with Gasteiger partial charge in [0.25, 0.3) is 5.91 Å². The molecule has 0 aliphatic heterocycles. The lowest BCUT2D eigenvalue weighted by atomic mass is 10.0. The molecule has 178 valence electrons. The second-order valence-electron chi connectivity index (χ2n) is 9.03. The van der Waals surface area contributed by atoms with Crippen LogP contribution in [-0.4, -0.2) is 27.5 Å². The van der Waals surface area contributed by atoms with E-state index in [1.165, 1.54) is 39.2 Å². The van der Waals surface area contributed by atoms with Crippen molar-refractivity contribution < 1.29 is 10.0 Å². The number of hydrogen-bond acceptors (Lipinski definition) is 3. The van der Waals surface area contributed by atoms with Crippen LogP contribution >= 0.6 is 11.6 Å². The number of aryl methyl sites for hydroxylation is 1. The van der Waals surface area contributed by atoms with Crippen LogP contribution in [0, 0.1) is 0 Å². The van der Waals surface area contributed by atoms with Crippen LogP contribution in [0.3, 0.4) is 0 Å². The summed E-state index contributed by atoms with van der Waals surface area (Å²) in [5.74, 6) is -0.533. The van der Waals surface area contributed by atoms with Crippen LogP contribution in [0.4, 0.5) is 0 Å². The van der Waals surface area contributed by atoms with E-state index in [0.29, 0.717) is 6.04 Å². The first-order valence-corrected chi connectivity index (χ1v) is 12.3. The molecule has 0 spiro atoms. The topological polar surface area (TPSA) is 68.4 Å². The number of nitrogens with one attached hydrogen (secondary N) is 2. The minimum absolute atomic E-state index is 0.324. The number of halogens is 1. The second kappa shape index (κ2) is 10.5. The number of amides is 1. The van der Waals surface area contributed by atoms with Crippen LogP contribution in [-0.2, 0) is 24.2 Å². The maximum absolute atomic E-state index is 11.3. The number of benzene rings is 3. The highest BCUT2D eigenvalue weighted by atomic mass is 35.5. The summed E-state index contributed by atoms with van der Waals surface area (Å²) in [6.07, 6.45) is 8.21. The van der Waals surface area contributed by atoms with E-state index in [-0.39, 0.29) is 0 Å². The average molecular weight is 486 g/mol. The Hall–Kier alpha value is -3.38. The Morgan fingerprint density at radius 2 is 1.97 bits per heavy atom. The molecule has 0 saturated heterocycles. The van der Waals surface area contributed by atoms with Gasteiger partial charge in [-0.3, -0.25) is 14.9 Å². The Morgan fingerprint density at radius 3 is 2.80 bits per heavy atom. The molecule has 1 aliphatic rings. The Balaban J connectivity index is 1.39. The average Bonchev–Trinajstić information content (AvgIpc) is 3.50. The first-order valence-electron chi connectivity index (χ1n) is 11.9. The minimum atomic E-state index is -0.533.